The number of benzene rings is 1. The zero-order chi connectivity index (χ0) is 8.55. The van der Waals surface area contributed by atoms with Crippen molar-refractivity contribution in [3.05, 3.63) is 40.8 Å². The predicted molar refractivity (Wildman–Crippen MR) is 49.0 cm³/mol. The van der Waals surface area contributed by atoms with Crippen LogP contribution in [0.2, 0.25) is 0 Å². The standard InChI is InChI=1S/C9H8N2O/c1-2-6-3-4-7-8(5-6)11-9(12)10-7/h2-5H,1H2,(H2,10,11,12). The van der Waals surface area contributed by atoms with Crippen LogP contribution in [0.1, 0.15) is 5.56 Å². The SMILES string of the molecule is C=Cc1ccc2[nH]c(=O)[nH]c2c1. The lowest BCUT2D eigenvalue weighted by atomic mass is 10.2. The van der Waals surface area contributed by atoms with Crippen molar-refractivity contribution in [2.75, 3.05) is 0 Å². The highest BCUT2D eigenvalue weighted by Crippen LogP contribution is 2.10. The van der Waals surface area contributed by atoms with Crippen molar-refractivity contribution < 1.29 is 0 Å². The second kappa shape index (κ2) is 2.37. The van der Waals surface area contributed by atoms with Crippen molar-refractivity contribution in [2.24, 2.45) is 0 Å². The molecule has 0 saturated carbocycles. The third-order valence-corrected chi connectivity index (χ3v) is 1.78. The predicted octanol–water partition coefficient (Wildman–Crippen LogP) is 1.50. The van der Waals surface area contributed by atoms with E-state index in [4.69, 9.17) is 0 Å². The van der Waals surface area contributed by atoms with Crippen LogP contribution < -0.4 is 5.69 Å². The molecule has 0 saturated heterocycles. The Kier molecular flexibility index (Phi) is 1.37. The molecule has 0 atom stereocenters. The van der Waals surface area contributed by atoms with Crippen LogP contribution in [0.3, 0.4) is 0 Å². The maximum atomic E-state index is 10.9. The van der Waals surface area contributed by atoms with Gasteiger partial charge in [-0.1, -0.05) is 18.7 Å². The number of aromatic amines is 2. The Balaban J connectivity index is 2.82. The molecular formula is C9H8N2O. The Morgan fingerprint density at radius 2 is 2.00 bits per heavy atom. The molecule has 1 aromatic carbocycles. The molecular weight excluding hydrogens is 152 g/mol. The van der Waals surface area contributed by atoms with Crippen LogP contribution in [0.15, 0.2) is 29.6 Å². The summed E-state index contributed by atoms with van der Waals surface area (Å²) in [7, 11) is 0. The molecule has 0 radical (unpaired) electrons. The number of hydrogen-bond acceptors (Lipinski definition) is 1. The lowest BCUT2D eigenvalue weighted by Gasteiger charge is -1.91. The maximum absolute atomic E-state index is 10.9. The number of hydrogen-bond donors (Lipinski definition) is 2. The van der Waals surface area contributed by atoms with Crippen molar-refractivity contribution in [2.45, 2.75) is 0 Å². The molecule has 0 spiro atoms. The van der Waals surface area contributed by atoms with Gasteiger partial charge in [-0.25, -0.2) is 4.79 Å². The van der Waals surface area contributed by atoms with Gasteiger partial charge in [-0.05, 0) is 17.7 Å². The van der Waals surface area contributed by atoms with Crippen molar-refractivity contribution >= 4 is 17.1 Å². The molecule has 3 nitrogen and oxygen atoms in total. The molecule has 1 heterocycles. The van der Waals surface area contributed by atoms with E-state index in [9.17, 15) is 4.79 Å². The lowest BCUT2D eigenvalue weighted by Crippen LogP contribution is -1.99. The highest BCUT2D eigenvalue weighted by atomic mass is 16.1. The Bertz CT molecular complexity index is 478. The number of H-pyrrole nitrogens is 2. The molecule has 1 aromatic heterocycles. The van der Waals surface area contributed by atoms with Crippen LogP contribution in [0, 0.1) is 0 Å². The molecule has 12 heavy (non-hydrogen) atoms. The average Bonchev–Trinajstić information content (AvgIpc) is 2.43. The number of imidazole rings is 1. The first kappa shape index (κ1) is 6.91. The molecule has 0 bridgehead atoms. The summed E-state index contributed by atoms with van der Waals surface area (Å²) >= 11 is 0. The topological polar surface area (TPSA) is 48.6 Å². The largest absolute Gasteiger partial charge is 0.323 e. The summed E-state index contributed by atoms with van der Waals surface area (Å²) < 4.78 is 0. The highest BCUT2D eigenvalue weighted by Gasteiger charge is 1.96. The highest BCUT2D eigenvalue weighted by molar-refractivity contribution is 5.77. The zero-order valence-corrected chi connectivity index (χ0v) is 6.42. The lowest BCUT2D eigenvalue weighted by molar-refractivity contribution is 1.21. The van der Waals surface area contributed by atoms with Crippen molar-refractivity contribution in [3.8, 4) is 0 Å². The van der Waals surface area contributed by atoms with E-state index in [2.05, 4.69) is 16.5 Å². The van der Waals surface area contributed by atoms with Gasteiger partial charge in [0, 0.05) is 0 Å². The molecule has 60 valence electrons. The minimum Gasteiger partial charge on any atom is -0.306 e. The van der Waals surface area contributed by atoms with E-state index >= 15 is 0 Å². The molecule has 3 heteroatoms. The number of fused-ring (bicyclic) bond motifs is 1. The van der Waals surface area contributed by atoms with Crippen LogP contribution in [0.4, 0.5) is 0 Å². The molecule has 2 N–H and O–H groups in total. The normalized spacial score (nSPS) is 10.3. The Morgan fingerprint density at radius 1 is 1.25 bits per heavy atom. The summed E-state index contributed by atoms with van der Waals surface area (Å²) in [6.07, 6.45) is 1.74. The van der Waals surface area contributed by atoms with E-state index < -0.39 is 0 Å². The second-order valence-electron chi connectivity index (χ2n) is 2.59. The van der Waals surface area contributed by atoms with Crippen molar-refractivity contribution in [1.82, 2.24) is 9.97 Å². The van der Waals surface area contributed by atoms with E-state index in [-0.39, 0.29) is 5.69 Å². The molecule has 2 rings (SSSR count). The van der Waals surface area contributed by atoms with Crippen LogP contribution >= 0.6 is 0 Å². The van der Waals surface area contributed by atoms with Gasteiger partial charge < -0.3 is 9.97 Å². The monoisotopic (exact) mass is 160 g/mol. The van der Waals surface area contributed by atoms with E-state index in [1.165, 1.54) is 0 Å². The van der Waals surface area contributed by atoms with E-state index in [1.54, 1.807) is 6.08 Å². The second-order valence-corrected chi connectivity index (χ2v) is 2.59. The summed E-state index contributed by atoms with van der Waals surface area (Å²) in [6, 6.07) is 5.63. The molecule has 0 aliphatic rings. The third kappa shape index (κ3) is 0.955. The summed E-state index contributed by atoms with van der Waals surface area (Å²) in [4.78, 5) is 16.2. The Labute approximate surface area is 68.7 Å². The van der Waals surface area contributed by atoms with Crippen molar-refractivity contribution in [1.29, 1.82) is 0 Å². The first-order valence-electron chi connectivity index (χ1n) is 3.64. The smallest absolute Gasteiger partial charge is 0.306 e. The minimum absolute atomic E-state index is 0.175. The fourth-order valence-corrected chi connectivity index (χ4v) is 1.18. The first-order valence-corrected chi connectivity index (χ1v) is 3.64. The summed E-state index contributed by atoms with van der Waals surface area (Å²) in [5.74, 6) is 0. The first-order chi connectivity index (χ1) is 5.79. The minimum atomic E-state index is -0.175. The zero-order valence-electron chi connectivity index (χ0n) is 6.42. The summed E-state index contributed by atoms with van der Waals surface area (Å²) in [5.41, 5.74) is 2.46. The van der Waals surface area contributed by atoms with Crippen LogP contribution in [-0.2, 0) is 0 Å². The molecule has 2 aromatic rings. The van der Waals surface area contributed by atoms with Gasteiger partial charge in [0.05, 0.1) is 11.0 Å². The number of rotatable bonds is 1. The Hall–Kier alpha value is -1.77. The van der Waals surface area contributed by atoms with E-state index in [1.807, 2.05) is 18.2 Å². The quantitative estimate of drug-likeness (QED) is 0.652. The number of aromatic nitrogens is 2. The van der Waals surface area contributed by atoms with Gasteiger partial charge in [0.15, 0.2) is 0 Å². The molecule has 0 unspecified atom stereocenters. The molecule has 0 fully saturated rings. The summed E-state index contributed by atoms with van der Waals surface area (Å²) in [6.45, 7) is 3.64. The van der Waals surface area contributed by atoms with Crippen molar-refractivity contribution in [3.63, 3.8) is 0 Å². The molecule has 0 aliphatic carbocycles. The maximum Gasteiger partial charge on any atom is 0.323 e. The van der Waals surface area contributed by atoms with Crippen LogP contribution in [-0.4, -0.2) is 9.97 Å². The van der Waals surface area contributed by atoms with Gasteiger partial charge in [0.2, 0.25) is 0 Å². The van der Waals surface area contributed by atoms with Gasteiger partial charge in [-0.3, -0.25) is 0 Å². The molecule has 0 amide bonds. The van der Waals surface area contributed by atoms with E-state index in [0.717, 1.165) is 16.6 Å². The third-order valence-electron chi connectivity index (χ3n) is 1.78. The van der Waals surface area contributed by atoms with Gasteiger partial charge in [-0.2, -0.15) is 0 Å². The fraction of sp³-hybridized carbons (Fsp3) is 0. The molecule has 0 aliphatic heterocycles. The Morgan fingerprint density at radius 3 is 2.75 bits per heavy atom. The van der Waals surface area contributed by atoms with Gasteiger partial charge in [0.1, 0.15) is 0 Å². The van der Waals surface area contributed by atoms with Crippen LogP contribution in [0.25, 0.3) is 17.1 Å². The van der Waals surface area contributed by atoms with Gasteiger partial charge in [0.25, 0.3) is 0 Å². The van der Waals surface area contributed by atoms with E-state index in [0.29, 0.717) is 0 Å². The van der Waals surface area contributed by atoms with Gasteiger partial charge >= 0.3 is 5.69 Å². The number of nitrogens with one attached hydrogen (secondary N) is 2. The average molecular weight is 160 g/mol. The van der Waals surface area contributed by atoms with Gasteiger partial charge in [-0.15, -0.1) is 0 Å². The summed E-state index contributed by atoms with van der Waals surface area (Å²) in [5, 5.41) is 0. The fourth-order valence-electron chi connectivity index (χ4n) is 1.18. The van der Waals surface area contributed by atoms with Crippen LogP contribution in [0.5, 0.6) is 0 Å².